The Balaban J connectivity index is 1.64. The standard InChI is InChI=1S/C19H14F2N6O4S/c1-31-19-12-7-10(8-23-17(12)25-26-19)24-18(28)15-13(20)4-5-14(16(15)21)27-32(29,30)11-3-2-6-22-9-11/h2-9,27H,1H3,(H,24,28)(H,23,25,26). The minimum Gasteiger partial charge on any atom is -0.479 e. The molecule has 3 aromatic heterocycles. The van der Waals surface area contributed by atoms with Crippen LogP contribution in [-0.4, -0.2) is 41.6 Å². The Bertz CT molecular complexity index is 1430. The van der Waals surface area contributed by atoms with E-state index in [9.17, 15) is 22.0 Å². The summed E-state index contributed by atoms with van der Waals surface area (Å²) in [5.41, 5.74) is -1.09. The number of aromatic nitrogens is 4. The number of pyridine rings is 2. The van der Waals surface area contributed by atoms with Gasteiger partial charge in [-0.05, 0) is 30.3 Å². The van der Waals surface area contributed by atoms with Crippen molar-refractivity contribution in [3.63, 3.8) is 0 Å². The summed E-state index contributed by atoms with van der Waals surface area (Å²) in [4.78, 5) is 20.1. The molecule has 0 bridgehead atoms. The summed E-state index contributed by atoms with van der Waals surface area (Å²) in [5, 5.41) is 9.27. The summed E-state index contributed by atoms with van der Waals surface area (Å²) >= 11 is 0. The second-order valence-corrected chi connectivity index (χ2v) is 8.07. The van der Waals surface area contributed by atoms with Crippen LogP contribution in [0.4, 0.5) is 20.2 Å². The number of carbonyl (C=O) groups is 1. The van der Waals surface area contributed by atoms with Crippen molar-refractivity contribution in [1.29, 1.82) is 0 Å². The smallest absolute Gasteiger partial charge is 0.263 e. The highest BCUT2D eigenvalue weighted by Crippen LogP contribution is 2.27. The molecule has 0 fully saturated rings. The first-order valence-electron chi connectivity index (χ1n) is 8.90. The summed E-state index contributed by atoms with van der Waals surface area (Å²) in [6.45, 7) is 0. The van der Waals surface area contributed by atoms with Gasteiger partial charge in [-0.2, -0.15) is 0 Å². The average molecular weight is 460 g/mol. The predicted molar refractivity (Wildman–Crippen MR) is 110 cm³/mol. The summed E-state index contributed by atoms with van der Waals surface area (Å²) in [6.07, 6.45) is 3.68. The second kappa shape index (κ2) is 8.19. The molecular weight excluding hydrogens is 446 g/mol. The molecule has 0 radical (unpaired) electrons. The van der Waals surface area contributed by atoms with Gasteiger partial charge < -0.3 is 10.1 Å². The SMILES string of the molecule is COc1n[nH]c2ncc(NC(=O)c3c(F)ccc(NS(=O)(=O)c4cccnc4)c3F)cc12. The van der Waals surface area contributed by atoms with E-state index in [2.05, 4.69) is 25.5 Å². The van der Waals surface area contributed by atoms with Crippen LogP contribution in [0.15, 0.2) is 53.8 Å². The van der Waals surface area contributed by atoms with E-state index in [-0.39, 0.29) is 16.5 Å². The number of nitrogens with one attached hydrogen (secondary N) is 3. The first-order valence-corrected chi connectivity index (χ1v) is 10.4. The number of rotatable bonds is 6. The highest BCUT2D eigenvalue weighted by Gasteiger charge is 2.24. The highest BCUT2D eigenvalue weighted by atomic mass is 32.2. The molecule has 10 nitrogen and oxygen atoms in total. The number of anilines is 2. The molecule has 0 aliphatic heterocycles. The van der Waals surface area contributed by atoms with Crippen molar-refractivity contribution >= 4 is 38.3 Å². The van der Waals surface area contributed by atoms with Gasteiger partial charge in [0.2, 0.25) is 5.88 Å². The summed E-state index contributed by atoms with van der Waals surface area (Å²) < 4.78 is 61.2. The molecule has 0 atom stereocenters. The Labute approximate surface area is 179 Å². The Kier molecular flexibility index (Phi) is 5.40. The maximum atomic E-state index is 15.0. The third-order valence-electron chi connectivity index (χ3n) is 4.34. The minimum atomic E-state index is -4.22. The predicted octanol–water partition coefficient (Wildman–Crippen LogP) is 2.69. The Hall–Kier alpha value is -4.13. The molecular formula is C19H14F2N6O4S. The van der Waals surface area contributed by atoms with Crippen LogP contribution in [0, 0.1) is 11.6 Å². The highest BCUT2D eigenvalue weighted by molar-refractivity contribution is 7.92. The third-order valence-corrected chi connectivity index (χ3v) is 5.69. The molecule has 3 N–H and O–H groups in total. The Morgan fingerprint density at radius 1 is 1.19 bits per heavy atom. The van der Waals surface area contributed by atoms with Gasteiger partial charge in [-0.1, -0.05) is 0 Å². The number of hydrogen-bond donors (Lipinski definition) is 3. The molecule has 32 heavy (non-hydrogen) atoms. The second-order valence-electron chi connectivity index (χ2n) is 6.39. The van der Waals surface area contributed by atoms with E-state index in [1.165, 1.54) is 37.7 Å². The first kappa shape index (κ1) is 21.1. The number of ether oxygens (including phenoxy) is 1. The van der Waals surface area contributed by atoms with Crippen LogP contribution in [0.2, 0.25) is 0 Å². The molecule has 4 aromatic rings. The maximum absolute atomic E-state index is 15.0. The summed E-state index contributed by atoms with van der Waals surface area (Å²) in [5.74, 6) is -3.50. The molecule has 13 heteroatoms. The zero-order valence-electron chi connectivity index (χ0n) is 16.3. The number of sulfonamides is 1. The normalized spacial score (nSPS) is 11.3. The molecule has 0 unspecified atom stereocenters. The van der Waals surface area contributed by atoms with E-state index in [1.54, 1.807) is 0 Å². The van der Waals surface area contributed by atoms with Crippen LogP contribution in [0.25, 0.3) is 11.0 Å². The molecule has 0 saturated heterocycles. The van der Waals surface area contributed by atoms with E-state index in [0.717, 1.165) is 18.3 Å². The Morgan fingerprint density at radius 3 is 2.72 bits per heavy atom. The number of fused-ring (bicyclic) bond motifs is 1. The fraction of sp³-hybridized carbons (Fsp3) is 0.0526. The molecule has 3 heterocycles. The van der Waals surface area contributed by atoms with Crippen molar-refractivity contribution in [1.82, 2.24) is 20.2 Å². The van der Waals surface area contributed by atoms with Gasteiger partial charge in [0, 0.05) is 12.4 Å². The van der Waals surface area contributed by atoms with Gasteiger partial charge in [-0.15, -0.1) is 5.10 Å². The van der Waals surface area contributed by atoms with Crippen LogP contribution in [0.3, 0.4) is 0 Å². The van der Waals surface area contributed by atoms with Crippen molar-refractivity contribution in [2.24, 2.45) is 0 Å². The van der Waals surface area contributed by atoms with E-state index in [4.69, 9.17) is 4.74 Å². The van der Waals surface area contributed by atoms with Crippen LogP contribution in [0.1, 0.15) is 10.4 Å². The van der Waals surface area contributed by atoms with E-state index >= 15 is 0 Å². The maximum Gasteiger partial charge on any atom is 0.263 e. The number of halogens is 2. The molecule has 0 aliphatic rings. The van der Waals surface area contributed by atoms with E-state index < -0.39 is 38.8 Å². The summed E-state index contributed by atoms with van der Waals surface area (Å²) in [6, 6.07) is 5.73. The average Bonchev–Trinajstić information content (AvgIpc) is 3.19. The zero-order chi connectivity index (χ0) is 22.9. The molecule has 0 aliphatic carbocycles. The van der Waals surface area contributed by atoms with Crippen molar-refractivity contribution in [3.8, 4) is 5.88 Å². The lowest BCUT2D eigenvalue weighted by Gasteiger charge is -2.12. The number of H-pyrrole nitrogens is 1. The minimum absolute atomic E-state index is 0.113. The number of benzene rings is 1. The van der Waals surface area contributed by atoms with Crippen LogP contribution < -0.4 is 14.8 Å². The number of amides is 1. The van der Waals surface area contributed by atoms with Gasteiger partial charge in [0.05, 0.1) is 30.1 Å². The van der Waals surface area contributed by atoms with Crippen LogP contribution in [-0.2, 0) is 10.0 Å². The molecule has 4 rings (SSSR count). The van der Waals surface area contributed by atoms with Crippen molar-refractivity contribution in [3.05, 3.63) is 66.1 Å². The Morgan fingerprint density at radius 2 is 2.00 bits per heavy atom. The van der Waals surface area contributed by atoms with Crippen molar-refractivity contribution in [2.45, 2.75) is 4.90 Å². The molecule has 1 aromatic carbocycles. The zero-order valence-corrected chi connectivity index (χ0v) is 17.1. The fourth-order valence-electron chi connectivity index (χ4n) is 2.85. The van der Waals surface area contributed by atoms with Gasteiger partial charge >= 0.3 is 0 Å². The van der Waals surface area contributed by atoms with Gasteiger partial charge in [0.25, 0.3) is 15.9 Å². The number of methoxy groups -OCH3 is 1. The molecule has 1 amide bonds. The summed E-state index contributed by atoms with van der Waals surface area (Å²) in [7, 11) is -2.82. The van der Waals surface area contributed by atoms with E-state index in [0.29, 0.717) is 11.0 Å². The quantitative estimate of drug-likeness (QED) is 0.402. The monoisotopic (exact) mass is 460 g/mol. The van der Waals surface area contributed by atoms with E-state index in [1.807, 2.05) is 4.72 Å². The van der Waals surface area contributed by atoms with Crippen LogP contribution >= 0.6 is 0 Å². The van der Waals surface area contributed by atoms with Crippen LogP contribution in [0.5, 0.6) is 5.88 Å². The van der Waals surface area contributed by atoms with Gasteiger partial charge in [0.1, 0.15) is 16.3 Å². The topological polar surface area (TPSA) is 139 Å². The van der Waals surface area contributed by atoms with Crippen molar-refractivity contribution in [2.75, 3.05) is 17.1 Å². The van der Waals surface area contributed by atoms with Crippen molar-refractivity contribution < 1.29 is 26.7 Å². The lowest BCUT2D eigenvalue weighted by atomic mass is 10.1. The fourth-order valence-corrected chi connectivity index (χ4v) is 3.87. The number of carbonyl (C=O) groups excluding carboxylic acids is 1. The van der Waals surface area contributed by atoms with Gasteiger partial charge in [-0.25, -0.2) is 22.2 Å². The largest absolute Gasteiger partial charge is 0.479 e. The van der Waals surface area contributed by atoms with Gasteiger partial charge in [-0.3, -0.25) is 19.6 Å². The lowest BCUT2D eigenvalue weighted by molar-refractivity contribution is 0.101. The molecule has 0 spiro atoms. The number of nitrogens with zero attached hydrogens (tertiary/aromatic N) is 3. The number of aromatic amines is 1. The molecule has 164 valence electrons. The lowest BCUT2D eigenvalue weighted by Crippen LogP contribution is -2.19. The first-order chi connectivity index (χ1) is 15.3. The number of hydrogen-bond acceptors (Lipinski definition) is 7. The third kappa shape index (κ3) is 3.92. The molecule has 0 saturated carbocycles. The van der Waals surface area contributed by atoms with Gasteiger partial charge in [0.15, 0.2) is 11.5 Å².